The predicted molar refractivity (Wildman–Crippen MR) is 53.5 cm³/mol. The number of rotatable bonds is 0. The normalized spacial score (nSPS) is 38.5. The third-order valence-electron chi connectivity index (χ3n) is 3.79. The van der Waals surface area contributed by atoms with Gasteiger partial charge in [0, 0.05) is 12.3 Å². The molecule has 0 unspecified atom stereocenters. The molecule has 0 spiro atoms. The van der Waals surface area contributed by atoms with Crippen molar-refractivity contribution in [1.82, 2.24) is 0 Å². The molecular formula is C12H20O. The van der Waals surface area contributed by atoms with E-state index in [1.54, 1.807) is 0 Å². The Balaban J connectivity index is 2.12. The van der Waals surface area contributed by atoms with E-state index in [4.69, 9.17) is 0 Å². The number of fused-ring (bicyclic) bond motifs is 1. The molecule has 0 bridgehead atoms. The van der Waals surface area contributed by atoms with E-state index in [9.17, 15) is 4.79 Å². The molecule has 0 N–H and O–H groups in total. The maximum atomic E-state index is 11.8. The lowest BCUT2D eigenvalue weighted by Gasteiger charge is -2.42. The summed E-state index contributed by atoms with van der Waals surface area (Å²) in [5.41, 5.74) is 0.287. The summed E-state index contributed by atoms with van der Waals surface area (Å²) in [6.45, 7) is 4.49. The smallest absolute Gasteiger partial charge is 0.136 e. The first kappa shape index (κ1) is 9.23. The molecular weight excluding hydrogens is 160 g/mol. The molecule has 74 valence electrons. The fourth-order valence-corrected chi connectivity index (χ4v) is 3.26. The van der Waals surface area contributed by atoms with Crippen molar-refractivity contribution in [2.24, 2.45) is 17.3 Å². The van der Waals surface area contributed by atoms with Crippen molar-refractivity contribution in [3.63, 3.8) is 0 Å². The molecule has 0 radical (unpaired) electrons. The van der Waals surface area contributed by atoms with Gasteiger partial charge in [-0.05, 0) is 30.6 Å². The molecule has 1 heteroatoms. The van der Waals surface area contributed by atoms with Gasteiger partial charge < -0.3 is 0 Å². The van der Waals surface area contributed by atoms with Crippen molar-refractivity contribution >= 4 is 5.78 Å². The van der Waals surface area contributed by atoms with Crippen molar-refractivity contribution < 1.29 is 4.79 Å². The SMILES string of the molecule is CC1(C)CC(=O)[C@H]2CCCC[C@@H]2C1. The quantitative estimate of drug-likeness (QED) is 0.559. The van der Waals surface area contributed by atoms with E-state index in [1.165, 1.54) is 32.1 Å². The van der Waals surface area contributed by atoms with Gasteiger partial charge in [0.2, 0.25) is 0 Å². The highest BCUT2D eigenvalue weighted by atomic mass is 16.1. The summed E-state index contributed by atoms with van der Waals surface area (Å²) < 4.78 is 0. The average molecular weight is 180 g/mol. The Labute approximate surface area is 80.9 Å². The highest BCUT2D eigenvalue weighted by Crippen LogP contribution is 2.45. The number of carbonyl (C=O) groups is 1. The molecule has 2 aliphatic carbocycles. The minimum absolute atomic E-state index is 0.287. The Kier molecular flexibility index (Phi) is 2.21. The Bertz CT molecular complexity index is 217. The van der Waals surface area contributed by atoms with Crippen molar-refractivity contribution in [2.75, 3.05) is 0 Å². The lowest BCUT2D eigenvalue weighted by Crippen LogP contribution is -2.38. The monoisotopic (exact) mass is 180 g/mol. The zero-order valence-corrected chi connectivity index (χ0v) is 8.81. The van der Waals surface area contributed by atoms with Crippen LogP contribution in [0.15, 0.2) is 0 Å². The van der Waals surface area contributed by atoms with E-state index in [1.807, 2.05) is 0 Å². The van der Waals surface area contributed by atoms with E-state index < -0.39 is 0 Å². The molecule has 2 aliphatic rings. The van der Waals surface area contributed by atoms with Gasteiger partial charge in [-0.25, -0.2) is 0 Å². The third-order valence-corrected chi connectivity index (χ3v) is 3.79. The average Bonchev–Trinajstić information content (AvgIpc) is 2.02. The molecule has 0 aliphatic heterocycles. The minimum atomic E-state index is 0.287. The van der Waals surface area contributed by atoms with Crippen LogP contribution in [0.5, 0.6) is 0 Å². The molecule has 2 fully saturated rings. The Morgan fingerprint density at radius 3 is 2.69 bits per heavy atom. The summed E-state index contributed by atoms with van der Waals surface area (Å²) in [5.74, 6) is 1.73. The van der Waals surface area contributed by atoms with Crippen molar-refractivity contribution in [3.05, 3.63) is 0 Å². The van der Waals surface area contributed by atoms with Gasteiger partial charge >= 0.3 is 0 Å². The number of hydrogen-bond donors (Lipinski definition) is 0. The Morgan fingerprint density at radius 1 is 1.23 bits per heavy atom. The van der Waals surface area contributed by atoms with Crippen molar-refractivity contribution in [1.29, 1.82) is 0 Å². The van der Waals surface area contributed by atoms with Crippen LogP contribution in [0.1, 0.15) is 52.4 Å². The highest BCUT2D eigenvalue weighted by molar-refractivity contribution is 5.82. The van der Waals surface area contributed by atoms with Gasteiger partial charge in [0.05, 0.1) is 0 Å². The third kappa shape index (κ3) is 1.79. The molecule has 13 heavy (non-hydrogen) atoms. The van der Waals surface area contributed by atoms with Crippen molar-refractivity contribution in [3.8, 4) is 0 Å². The molecule has 2 saturated carbocycles. The van der Waals surface area contributed by atoms with Crippen LogP contribution in [0.3, 0.4) is 0 Å². The van der Waals surface area contributed by atoms with Gasteiger partial charge in [-0.1, -0.05) is 26.7 Å². The lowest BCUT2D eigenvalue weighted by molar-refractivity contribution is -0.132. The van der Waals surface area contributed by atoms with Gasteiger partial charge in [0.15, 0.2) is 0 Å². The number of Topliss-reactive ketones (excluding diaryl/α,β-unsaturated/α-hetero) is 1. The number of ketones is 1. The first-order valence-electron chi connectivity index (χ1n) is 5.61. The number of carbonyl (C=O) groups excluding carboxylic acids is 1. The zero-order valence-electron chi connectivity index (χ0n) is 8.81. The zero-order chi connectivity index (χ0) is 9.47. The topological polar surface area (TPSA) is 17.1 Å². The van der Waals surface area contributed by atoms with Gasteiger partial charge in [-0.15, -0.1) is 0 Å². The first-order chi connectivity index (χ1) is 6.08. The molecule has 0 amide bonds. The van der Waals surface area contributed by atoms with Crippen molar-refractivity contribution in [2.45, 2.75) is 52.4 Å². The summed E-state index contributed by atoms with van der Waals surface area (Å²) in [6.07, 6.45) is 7.23. The molecule has 0 aromatic heterocycles. The predicted octanol–water partition coefficient (Wildman–Crippen LogP) is 3.18. The largest absolute Gasteiger partial charge is 0.299 e. The molecule has 1 nitrogen and oxygen atoms in total. The highest BCUT2D eigenvalue weighted by Gasteiger charge is 2.40. The maximum absolute atomic E-state index is 11.8. The fourth-order valence-electron chi connectivity index (χ4n) is 3.26. The van der Waals surface area contributed by atoms with E-state index in [2.05, 4.69) is 13.8 Å². The van der Waals surface area contributed by atoms with Crippen LogP contribution in [-0.2, 0) is 4.79 Å². The summed E-state index contributed by atoms with van der Waals surface area (Å²) in [5, 5.41) is 0. The van der Waals surface area contributed by atoms with Gasteiger partial charge in [0.25, 0.3) is 0 Å². The molecule has 0 saturated heterocycles. The second-order valence-corrected chi connectivity index (χ2v) is 5.66. The minimum Gasteiger partial charge on any atom is -0.299 e. The second-order valence-electron chi connectivity index (χ2n) is 5.66. The number of hydrogen-bond acceptors (Lipinski definition) is 1. The van der Waals surface area contributed by atoms with Crippen LogP contribution in [0.4, 0.5) is 0 Å². The van der Waals surface area contributed by atoms with Crippen LogP contribution in [-0.4, -0.2) is 5.78 Å². The Morgan fingerprint density at radius 2 is 1.92 bits per heavy atom. The second kappa shape index (κ2) is 3.11. The van der Waals surface area contributed by atoms with Crippen LogP contribution >= 0.6 is 0 Å². The first-order valence-corrected chi connectivity index (χ1v) is 5.61. The van der Waals surface area contributed by atoms with Crippen LogP contribution in [0.25, 0.3) is 0 Å². The maximum Gasteiger partial charge on any atom is 0.136 e. The standard InChI is InChI=1S/C12H20O/c1-12(2)7-9-5-3-4-6-10(9)11(13)8-12/h9-10H,3-8H2,1-2H3/t9-,10+/m1/s1. The van der Waals surface area contributed by atoms with Gasteiger partial charge in [-0.3, -0.25) is 4.79 Å². The van der Waals surface area contributed by atoms with E-state index >= 15 is 0 Å². The molecule has 2 atom stereocenters. The fraction of sp³-hybridized carbons (Fsp3) is 0.917. The van der Waals surface area contributed by atoms with E-state index in [-0.39, 0.29) is 5.41 Å². The molecule has 2 rings (SSSR count). The Hall–Kier alpha value is -0.330. The lowest BCUT2D eigenvalue weighted by atomic mass is 9.62. The summed E-state index contributed by atoms with van der Waals surface area (Å²) in [4.78, 5) is 11.8. The summed E-state index contributed by atoms with van der Waals surface area (Å²) in [6, 6.07) is 0. The molecule has 0 heterocycles. The van der Waals surface area contributed by atoms with Crippen LogP contribution in [0.2, 0.25) is 0 Å². The van der Waals surface area contributed by atoms with Gasteiger partial charge in [-0.2, -0.15) is 0 Å². The molecule has 0 aromatic carbocycles. The molecule has 0 aromatic rings. The van der Waals surface area contributed by atoms with Gasteiger partial charge in [0.1, 0.15) is 5.78 Å². The van der Waals surface area contributed by atoms with E-state index in [0.29, 0.717) is 11.7 Å². The van der Waals surface area contributed by atoms with Crippen LogP contribution < -0.4 is 0 Å². The van der Waals surface area contributed by atoms with E-state index in [0.717, 1.165) is 12.3 Å². The van der Waals surface area contributed by atoms with Crippen LogP contribution in [0, 0.1) is 17.3 Å². The summed E-state index contributed by atoms with van der Waals surface area (Å²) in [7, 11) is 0. The summed E-state index contributed by atoms with van der Waals surface area (Å²) >= 11 is 0.